The summed E-state index contributed by atoms with van der Waals surface area (Å²) in [5.74, 6) is 0.625. The molecule has 3 nitrogen and oxygen atoms in total. The van der Waals surface area contributed by atoms with Crippen LogP contribution in [0.25, 0.3) is 16.2 Å². The molecule has 0 unspecified atom stereocenters. The highest BCUT2D eigenvalue weighted by Crippen LogP contribution is 2.34. The number of nitrogen functional groups attached to an aromatic ring is 1. The number of rotatable bonds is 1. The maximum absolute atomic E-state index is 6.09. The average Bonchev–Trinajstić information content (AvgIpc) is 2.84. The van der Waals surface area contributed by atoms with Gasteiger partial charge in [0, 0.05) is 10.7 Å². The highest BCUT2D eigenvalue weighted by atomic mass is 79.9. The summed E-state index contributed by atoms with van der Waals surface area (Å²) in [5.41, 5.74) is 7.69. The van der Waals surface area contributed by atoms with Gasteiger partial charge in [0.1, 0.15) is 17.2 Å². The second-order valence-corrected chi connectivity index (χ2v) is 6.16. The molecule has 0 saturated heterocycles. The van der Waals surface area contributed by atoms with Crippen molar-refractivity contribution in [1.29, 1.82) is 0 Å². The summed E-state index contributed by atoms with van der Waals surface area (Å²) < 4.78 is 3.55. The Morgan fingerprint density at radius 1 is 1.29 bits per heavy atom. The summed E-state index contributed by atoms with van der Waals surface area (Å²) in [6.07, 6.45) is 1.90. The van der Waals surface area contributed by atoms with Crippen molar-refractivity contribution in [2.24, 2.45) is 0 Å². The maximum Gasteiger partial charge on any atom is 0.139 e. The van der Waals surface area contributed by atoms with Gasteiger partial charge in [-0.15, -0.1) is 11.3 Å². The van der Waals surface area contributed by atoms with Crippen LogP contribution in [0.15, 0.2) is 34.9 Å². The number of halogens is 2. The Hall–Kier alpha value is -1.04. The van der Waals surface area contributed by atoms with Crippen molar-refractivity contribution < 1.29 is 0 Å². The van der Waals surface area contributed by atoms with E-state index < -0.39 is 0 Å². The van der Waals surface area contributed by atoms with Crippen molar-refractivity contribution >= 4 is 50.3 Å². The molecule has 3 aromatic heterocycles. The molecule has 0 aliphatic heterocycles. The van der Waals surface area contributed by atoms with Gasteiger partial charge in [0.15, 0.2) is 0 Å². The van der Waals surface area contributed by atoms with Gasteiger partial charge < -0.3 is 5.73 Å². The van der Waals surface area contributed by atoms with E-state index in [9.17, 15) is 0 Å². The van der Waals surface area contributed by atoms with Crippen molar-refractivity contribution in [3.8, 4) is 10.6 Å². The molecule has 0 spiro atoms. The Bertz CT molecular complexity index is 704. The highest BCUT2D eigenvalue weighted by molar-refractivity contribution is 9.10. The van der Waals surface area contributed by atoms with Gasteiger partial charge in [0.05, 0.1) is 9.21 Å². The first-order valence-corrected chi connectivity index (χ1v) is 6.83. The van der Waals surface area contributed by atoms with Crippen molar-refractivity contribution in [2.75, 3.05) is 5.73 Å². The minimum absolute atomic E-state index is 0.625. The van der Waals surface area contributed by atoms with Crippen molar-refractivity contribution in [2.45, 2.75) is 0 Å². The molecule has 6 heteroatoms. The van der Waals surface area contributed by atoms with E-state index in [-0.39, 0.29) is 0 Å². The first-order chi connectivity index (χ1) is 8.15. The monoisotopic (exact) mass is 327 g/mol. The summed E-state index contributed by atoms with van der Waals surface area (Å²) in [4.78, 5) is 5.48. The molecule has 3 heterocycles. The Labute approximate surface area is 115 Å². The third kappa shape index (κ3) is 1.84. The third-order valence-electron chi connectivity index (χ3n) is 2.43. The molecule has 0 amide bonds. The fourth-order valence-corrected chi connectivity index (χ4v) is 3.04. The number of nitrogens with two attached hydrogens (primary N) is 1. The summed E-state index contributed by atoms with van der Waals surface area (Å²) >= 11 is 10.8. The van der Waals surface area contributed by atoms with Gasteiger partial charge in [-0.25, -0.2) is 4.98 Å². The molecule has 0 radical (unpaired) electrons. The Morgan fingerprint density at radius 2 is 2.12 bits per heavy atom. The lowest BCUT2D eigenvalue weighted by molar-refractivity contribution is 1.18. The first-order valence-electron chi connectivity index (χ1n) is 4.84. The fourth-order valence-electron chi connectivity index (χ4n) is 1.66. The number of nitrogens with zero attached hydrogens (tertiary/aromatic N) is 2. The van der Waals surface area contributed by atoms with Crippen LogP contribution in [0.1, 0.15) is 0 Å². The average molecular weight is 329 g/mol. The Kier molecular flexibility index (Phi) is 2.61. The van der Waals surface area contributed by atoms with Crippen LogP contribution in [-0.2, 0) is 0 Å². The van der Waals surface area contributed by atoms with E-state index in [0.717, 1.165) is 25.0 Å². The number of hydrogen-bond donors (Lipinski definition) is 1. The second-order valence-electron chi connectivity index (χ2n) is 3.52. The van der Waals surface area contributed by atoms with Gasteiger partial charge in [-0.1, -0.05) is 11.6 Å². The molecule has 3 aromatic rings. The molecule has 0 bridgehead atoms. The molecule has 2 N–H and O–H groups in total. The van der Waals surface area contributed by atoms with Crippen LogP contribution in [0, 0.1) is 0 Å². The zero-order valence-electron chi connectivity index (χ0n) is 8.52. The van der Waals surface area contributed by atoms with Crippen LogP contribution in [0.3, 0.4) is 0 Å². The molecule has 0 aromatic carbocycles. The van der Waals surface area contributed by atoms with E-state index in [2.05, 4.69) is 20.9 Å². The third-order valence-corrected chi connectivity index (χ3v) is 4.13. The number of pyridine rings is 1. The molecule has 86 valence electrons. The summed E-state index contributed by atoms with van der Waals surface area (Å²) in [5, 5.41) is 0. The second kappa shape index (κ2) is 4.01. The predicted octanol–water partition coefficient (Wildman–Crippen LogP) is 4.06. The zero-order valence-corrected chi connectivity index (χ0v) is 11.7. The molecule has 3 rings (SSSR count). The SMILES string of the molecule is Nc1c(-c2ccc(Cl)s2)nc2ccc(Br)cn12. The van der Waals surface area contributed by atoms with Crippen molar-refractivity contribution in [3.05, 3.63) is 39.3 Å². The lowest BCUT2D eigenvalue weighted by atomic mass is 10.3. The van der Waals surface area contributed by atoms with E-state index in [4.69, 9.17) is 17.3 Å². The number of imidazole rings is 1. The van der Waals surface area contributed by atoms with Crippen LogP contribution in [0.4, 0.5) is 5.82 Å². The Morgan fingerprint density at radius 3 is 2.82 bits per heavy atom. The molecule has 0 aliphatic carbocycles. The molecule has 0 aliphatic rings. The molecular weight excluding hydrogens is 322 g/mol. The standard InChI is InChI=1S/C11H7BrClN3S/c12-6-1-4-9-15-10(11(14)16(9)5-6)7-2-3-8(13)17-7/h1-5H,14H2. The normalized spacial score (nSPS) is 11.2. The van der Waals surface area contributed by atoms with Gasteiger partial charge >= 0.3 is 0 Å². The van der Waals surface area contributed by atoms with Gasteiger partial charge in [0.2, 0.25) is 0 Å². The van der Waals surface area contributed by atoms with Crippen LogP contribution < -0.4 is 5.73 Å². The van der Waals surface area contributed by atoms with E-state index in [0.29, 0.717) is 5.82 Å². The molecule has 0 saturated carbocycles. The number of hydrogen-bond acceptors (Lipinski definition) is 3. The fraction of sp³-hybridized carbons (Fsp3) is 0. The largest absolute Gasteiger partial charge is 0.383 e. The lowest BCUT2D eigenvalue weighted by Crippen LogP contribution is -1.93. The predicted molar refractivity (Wildman–Crippen MR) is 75.6 cm³/mol. The molecule has 0 fully saturated rings. The number of thiophene rings is 1. The van der Waals surface area contributed by atoms with E-state index in [1.54, 1.807) is 0 Å². The van der Waals surface area contributed by atoms with Gasteiger partial charge in [-0.05, 0) is 40.2 Å². The topological polar surface area (TPSA) is 43.3 Å². The van der Waals surface area contributed by atoms with E-state index >= 15 is 0 Å². The number of aromatic nitrogens is 2. The lowest BCUT2D eigenvalue weighted by Gasteiger charge is -1.97. The summed E-state index contributed by atoms with van der Waals surface area (Å²) in [6, 6.07) is 7.63. The van der Waals surface area contributed by atoms with E-state index in [1.165, 1.54) is 11.3 Å². The minimum atomic E-state index is 0.625. The van der Waals surface area contributed by atoms with Crippen LogP contribution in [-0.4, -0.2) is 9.38 Å². The Balaban J connectivity index is 2.27. The molecule has 0 atom stereocenters. The molecule has 17 heavy (non-hydrogen) atoms. The van der Waals surface area contributed by atoms with Gasteiger partial charge in [0.25, 0.3) is 0 Å². The maximum atomic E-state index is 6.09. The minimum Gasteiger partial charge on any atom is -0.383 e. The highest BCUT2D eigenvalue weighted by Gasteiger charge is 2.13. The van der Waals surface area contributed by atoms with Crippen LogP contribution in [0.5, 0.6) is 0 Å². The number of fused-ring (bicyclic) bond motifs is 1. The van der Waals surface area contributed by atoms with Crippen molar-refractivity contribution in [3.63, 3.8) is 0 Å². The number of anilines is 1. The van der Waals surface area contributed by atoms with E-state index in [1.807, 2.05) is 34.9 Å². The van der Waals surface area contributed by atoms with Crippen molar-refractivity contribution in [1.82, 2.24) is 9.38 Å². The zero-order chi connectivity index (χ0) is 12.0. The van der Waals surface area contributed by atoms with Gasteiger partial charge in [-0.3, -0.25) is 4.40 Å². The van der Waals surface area contributed by atoms with Gasteiger partial charge in [-0.2, -0.15) is 0 Å². The molecular formula is C11H7BrClN3S. The smallest absolute Gasteiger partial charge is 0.139 e. The van der Waals surface area contributed by atoms with Crippen LogP contribution in [0.2, 0.25) is 4.34 Å². The quantitative estimate of drug-likeness (QED) is 0.732. The van der Waals surface area contributed by atoms with Crippen LogP contribution >= 0.6 is 38.9 Å². The summed E-state index contributed by atoms with van der Waals surface area (Å²) in [6.45, 7) is 0. The first kappa shape index (κ1) is 11.1. The summed E-state index contributed by atoms with van der Waals surface area (Å²) in [7, 11) is 0.